The Labute approximate surface area is 141 Å². The summed E-state index contributed by atoms with van der Waals surface area (Å²) in [5.74, 6) is 0.469. The van der Waals surface area contributed by atoms with Crippen molar-refractivity contribution in [3.05, 3.63) is 56.1 Å². The summed E-state index contributed by atoms with van der Waals surface area (Å²) in [5.41, 5.74) is 2.22. The summed E-state index contributed by atoms with van der Waals surface area (Å²) in [6.45, 7) is 1.90. The fourth-order valence-corrected chi connectivity index (χ4v) is 3.03. The van der Waals surface area contributed by atoms with E-state index in [-0.39, 0.29) is 5.15 Å². The summed E-state index contributed by atoms with van der Waals surface area (Å²) >= 11 is 24.7. The maximum absolute atomic E-state index is 6.25. The maximum Gasteiger partial charge on any atom is 0.161 e. The Morgan fingerprint density at radius 2 is 1.52 bits per heavy atom. The van der Waals surface area contributed by atoms with E-state index in [1.54, 1.807) is 12.1 Å². The molecular weight excluding hydrogens is 350 g/mol. The Kier molecular flexibility index (Phi) is 3.98. The lowest BCUT2D eigenvalue weighted by Gasteiger charge is -2.10. The lowest BCUT2D eigenvalue weighted by Crippen LogP contribution is -1.95. The molecule has 0 fully saturated rings. The summed E-state index contributed by atoms with van der Waals surface area (Å²) in [4.78, 5) is 8.83. The smallest absolute Gasteiger partial charge is 0.161 e. The monoisotopic (exact) mass is 356 g/mol. The van der Waals surface area contributed by atoms with Gasteiger partial charge in [0.05, 0.1) is 20.9 Å². The van der Waals surface area contributed by atoms with Crippen LogP contribution in [0.1, 0.15) is 5.56 Å². The molecule has 3 aromatic rings. The fourth-order valence-electron chi connectivity index (χ4n) is 2.10. The molecular formula is C15H8Cl4N2. The second kappa shape index (κ2) is 5.62. The molecule has 0 spiro atoms. The molecule has 0 saturated carbocycles. The molecule has 6 heteroatoms. The minimum absolute atomic E-state index is 0.266. The van der Waals surface area contributed by atoms with Crippen molar-refractivity contribution in [1.29, 1.82) is 0 Å². The average molecular weight is 358 g/mol. The van der Waals surface area contributed by atoms with Crippen molar-refractivity contribution >= 4 is 57.3 Å². The van der Waals surface area contributed by atoms with Gasteiger partial charge in [0, 0.05) is 10.6 Å². The van der Waals surface area contributed by atoms with Gasteiger partial charge < -0.3 is 0 Å². The van der Waals surface area contributed by atoms with Gasteiger partial charge in [0.15, 0.2) is 5.82 Å². The Morgan fingerprint density at radius 1 is 0.810 bits per heavy atom. The van der Waals surface area contributed by atoms with Crippen LogP contribution >= 0.6 is 46.4 Å². The van der Waals surface area contributed by atoms with Gasteiger partial charge in [-0.05, 0) is 30.7 Å². The van der Waals surface area contributed by atoms with Crippen molar-refractivity contribution < 1.29 is 0 Å². The molecule has 0 unspecified atom stereocenters. The van der Waals surface area contributed by atoms with Gasteiger partial charge in [-0.15, -0.1) is 0 Å². The Hall–Kier alpha value is -1.06. The van der Waals surface area contributed by atoms with E-state index in [1.807, 2.05) is 25.1 Å². The SMILES string of the molecule is Cc1c(Cl)cccc1-c1nc(Cl)c2c(Cl)ccc(Cl)c2n1. The van der Waals surface area contributed by atoms with Crippen molar-refractivity contribution in [3.63, 3.8) is 0 Å². The minimum atomic E-state index is 0.266. The van der Waals surface area contributed by atoms with Crippen LogP contribution in [0.25, 0.3) is 22.3 Å². The van der Waals surface area contributed by atoms with Gasteiger partial charge in [0.2, 0.25) is 0 Å². The van der Waals surface area contributed by atoms with E-state index in [0.717, 1.165) is 11.1 Å². The van der Waals surface area contributed by atoms with Crippen LogP contribution in [0.15, 0.2) is 30.3 Å². The lowest BCUT2D eigenvalue weighted by molar-refractivity contribution is 1.21. The van der Waals surface area contributed by atoms with E-state index in [4.69, 9.17) is 46.4 Å². The molecule has 2 nitrogen and oxygen atoms in total. The molecule has 0 atom stereocenters. The van der Waals surface area contributed by atoms with E-state index in [2.05, 4.69) is 9.97 Å². The van der Waals surface area contributed by atoms with Crippen LogP contribution in [-0.2, 0) is 0 Å². The largest absolute Gasteiger partial charge is 0.226 e. The first-order valence-electron chi connectivity index (χ1n) is 6.06. The van der Waals surface area contributed by atoms with Gasteiger partial charge in [0.25, 0.3) is 0 Å². The number of hydrogen-bond donors (Lipinski definition) is 0. The standard InChI is InChI=1S/C15H8Cl4N2/c1-7-8(3-2-4-9(7)16)15-20-13-11(18)6-5-10(17)12(13)14(19)21-15/h2-6H,1H3. The molecule has 0 amide bonds. The van der Waals surface area contributed by atoms with E-state index >= 15 is 0 Å². The van der Waals surface area contributed by atoms with Crippen molar-refractivity contribution in [2.45, 2.75) is 6.92 Å². The molecule has 3 rings (SSSR count). The number of halogens is 4. The number of hydrogen-bond acceptors (Lipinski definition) is 2. The molecule has 2 aromatic carbocycles. The highest BCUT2D eigenvalue weighted by molar-refractivity contribution is 6.44. The van der Waals surface area contributed by atoms with Crippen LogP contribution in [0.2, 0.25) is 20.2 Å². The third kappa shape index (κ3) is 2.58. The molecule has 1 heterocycles. The number of rotatable bonds is 1. The highest BCUT2D eigenvalue weighted by Gasteiger charge is 2.15. The summed E-state index contributed by atoms with van der Waals surface area (Å²) in [6.07, 6.45) is 0. The van der Waals surface area contributed by atoms with Crippen LogP contribution < -0.4 is 0 Å². The molecule has 106 valence electrons. The average Bonchev–Trinajstić information content (AvgIpc) is 2.45. The second-order valence-corrected chi connectivity index (χ2v) is 6.08. The zero-order valence-corrected chi connectivity index (χ0v) is 13.8. The van der Waals surface area contributed by atoms with Crippen molar-refractivity contribution in [2.75, 3.05) is 0 Å². The molecule has 21 heavy (non-hydrogen) atoms. The van der Waals surface area contributed by atoms with Crippen LogP contribution in [0.4, 0.5) is 0 Å². The predicted molar refractivity (Wildman–Crippen MR) is 89.8 cm³/mol. The van der Waals surface area contributed by atoms with E-state index in [9.17, 15) is 0 Å². The zero-order valence-electron chi connectivity index (χ0n) is 10.8. The molecule has 0 saturated heterocycles. The Balaban J connectivity index is 2.36. The van der Waals surface area contributed by atoms with Crippen LogP contribution in [0.3, 0.4) is 0 Å². The van der Waals surface area contributed by atoms with Crippen LogP contribution in [0, 0.1) is 6.92 Å². The highest BCUT2D eigenvalue weighted by Crippen LogP contribution is 2.35. The highest BCUT2D eigenvalue weighted by atomic mass is 35.5. The van der Waals surface area contributed by atoms with Gasteiger partial charge in [-0.1, -0.05) is 58.5 Å². The predicted octanol–water partition coefficient (Wildman–Crippen LogP) is 6.22. The number of nitrogens with zero attached hydrogens (tertiary/aromatic N) is 2. The normalized spacial score (nSPS) is 11.1. The van der Waals surface area contributed by atoms with E-state index in [0.29, 0.717) is 31.8 Å². The molecule has 0 aliphatic rings. The van der Waals surface area contributed by atoms with E-state index in [1.165, 1.54) is 0 Å². The van der Waals surface area contributed by atoms with Crippen LogP contribution in [-0.4, -0.2) is 9.97 Å². The molecule has 1 aromatic heterocycles. The van der Waals surface area contributed by atoms with Gasteiger partial charge in [-0.25, -0.2) is 9.97 Å². The summed E-state index contributed by atoms with van der Waals surface area (Å²) < 4.78 is 0. The topological polar surface area (TPSA) is 25.8 Å². The van der Waals surface area contributed by atoms with E-state index < -0.39 is 0 Å². The summed E-state index contributed by atoms with van der Waals surface area (Å²) in [7, 11) is 0. The quantitative estimate of drug-likeness (QED) is 0.483. The maximum atomic E-state index is 6.25. The zero-order chi connectivity index (χ0) is 15.1. The van der Waals surface area contributed by atoms with Crippen LogP contribution in [0.5, 0.6) is 0 Å². The summed E-state index contributed by atoms with van der Waals surface area (Å²) in [6, 6.07) is 8.89. The Morgan fingerprint density at radius 3 is 2.29 bits per heavy atom. The lowest BCUT2D eigenvalue weighted by atomic mass is 10.1. The second-order valence-electron chi connectivity index (χ2n) is 4.50. The van der Waals surface area contributed by atoms with Gasteiger partial charge in [-0.2, -0.15) is 0 Å². The van der Waals surface area contributed by atoms with Crippen molar-refractivity contribution in [2.24, 2.45) is 0 Å². The molecule has 0 aliphatic carbocycles. The van der Waals surface area contributed by atoms with Gasteiger partial charge in [0.1, 0.15) is 5.15 Å². The minimum Gasteiger partial charge on any atom is -0.226 e. The molecule has 0 radical (unpaired) electrons. The first kappa shape index (κ1) is 14.9. The molecule has 0 N–H and O–H groups in total. The van der Waals surface area contributed by atoms with Crippen molar-refractivity contribution in [1.82, 2.24) is 9.97 Å². The first-order chi connectivity index (χ1) is 9.99. The third-order valence-corrected chi connectivity index (χ3v) is 4.52. The van der Waals surface area contributed by atoms with Gasteiger partial charge in [-0.3, -0.25) is 0 Å². The molecule has 0 bridgehead atoms. The van der Waals surface area contributed by atoms with Crippen molar-refractivity contribution in [3.8, 4) is 11.4 Å². The summed E-state index contributed by atoms with van der Waals surface area (Å²) in [5, 5.41) is 2.40. The third-order valence-electron chi connectivity index (χ3n) is 3.21. The number of fused-ring (bicyclic) bond motifs is 1. The fraction of sp³-hybridized carbons (Fsp3) is 0.0667. The number of benzene rings is 2. The molecule has 0 aliphatic heterocycles. The Bertz CT molecular complexity index is 862. The number of aromatic nitrogens is 2. The van der Waals surface area contributed by atoms with Gasteiger partial charge >= 0.3 is 0 Å². The first-order valence-corrected chi connectivity index (χ1v) is 7.57.